The van der Waals surface area contributed by atoms with Gasteiger partial charge in [-0.2, -0.15) is 5.26 Å². The van der Waals surface area contributed by atoms with Gasteiger partial charge in [0.1, 0.15) is 11.5 Å². The van der Waals surface area contributed by atoms with Gasteiger partial charge in [-0.25, -0.2) is 18.2 Å². The number of hydrogen-bond donors (Lipinski definition) is 0. The predicted octanol–water partition coefficient (Wildman–Crippen LogP) is 2.99. The summed E-state index contributed by atoms with van der Waals surface area (Å²) in [6, 6.07) is 2.36. The van der Waals surface area contributed by atoms with Crippen molar-refractivity contribution in [1.82, 2.24) is 4.98 Å². The third kappa shape index (κ3) is 2.23. The predicted molar refractivity (Wildman–Crippen MR) is 46.2 cm³/mol. The minimum absolute atomic E-state index is 0.0113. The number of alkyl halides is 2. The summed E-state index contributed by atoms with van der Waals surface area (Å²) in [5.41, 5.74) is -0.668. The highest BCUT2D eigenvalue weighted by Crippen LogP contribution is 2.25. The lowest BCUT2D eigenvalue weighted by Gasteiger charge is -2.04. The number of halogens is 4. The maximum absolute atomic E-state index is 13.0. The Labute approximate surface area is 86.5 Å². The van der Waals surface area contributed by atoms with E-state index in [0.717, 1.165) is 0 Å². The minimum atomic E-state index is -2.84. The zero-order valence-electron chi connectivity index (χ0n) is 6.77. The zero-order valence-corrected chi connectivity index (χ0v) is 8.35. The third-order valence-electron chi connectivity index (χ3n) is 1.47. The van der Waals surface area contributed by atoms with Crippen molar-refractivity contribution >= 4 is 15.9 Å². The molecule has 2 nitrogen and oxygen atoms in total. The Morgan fingerprint density at radius 1 is 1.57 bits per heavy atom. The SMILES string of the molecule is N#CCc1nc(C(F)F)cc(F)c1Br. The first kappa shape index (κ1) is 11.0. The molecule has 0 fully saturated rings. The van der Waals surface area contributed by atoms with Crippen molar-refractivity contribution in [2.75, 3.05) is 0 Å². The molecule has 0 atom stereocenters. The summed E-state index contributed by atoms with van der Waals surface area (Å²) in [5.74, 6) is -0.833. The first-order valence-corrected chi connectivity index (χ1v) is 4.35. The fraction of sp³-hybridized carbons (Fsp3) is 0.250. The van der Waals surface area contributed by atoms with E-state index in [1.807, 2.05) is 0 Å². The Bertz CT molecular complexity index is 387. The lowest BCUT2D eigenvalue weighted by molar-refractivity contribution is 0.145. The zero-order chi connectivity index (χ0) is 10.7. The second-order valence-corrected chi connectivity index (χ2v) is 3.22. The van der Waals surface area contributed by atoms with Crippen LogP contribution in [-0.2, 0) is 6.42 Å². The van der Waals surface area contributed by atoms with Crippen LogP contribution in [0.15, 0.2) is 10.5 Å². The summed E-state index contributed by atoms with van der Waals surface area (Å²) in [6.45, 7) is 0. The van der Waals surface area contributed by atoms with E-state index in [0.29, 0.717) is 6.07 Å². The summed E-state index contributed by atoms with van der Waals surface area (Å²) in [7, 11) is 0. The second kappa shape index (κ2) is 4.42. The minimum Gasteiger partial charge on any atom is -0.249 e. The van der Waals surface area contributed by atoms with Crippen molar-refractivity contribution in [3.63, 3.8) is 0 Å². The molecular formula is C8H4BrF3N2. The highest BCUT2D eigenvalue weighted by atomic mass is 79.9. The van der Waals surface area contributed by atoms with E-state index < -0.39 is 17.9 Å². The molecule has 0 radical (unpaired) electrons. The first-order chi connectivity index (χ1) is 6.56. The quantitative estimate of drug-likeness (QED) is 0.824. The van der Waals surface area contributed by atoms with Crippen LogP contribution in [0.25, 0.3) is 0 Å². The maximum atomic E-state index is 13.0. The van der Waals surface area contributed by atoms with E-state index in [9.17, 15) is 13.2 Å². The van der Waals surface area contributed by atoms with E-state index in [4.69, 9.17) is 5.26 Å². The summed E-state index contributed by atoms with van der Waals surface area (Å²) < 4.78 is 37.3. The second-order valence-electron chi connectivity index (χ2n) is 2.43. The Balaban J connectivity index is 3.22. The molecule has 1 aromatic rings. The Kier molecular flexibility index (Phi) is 3.47. The number of rotatable bonds is 2. The highest BCUT2D eigenvalue weighted by molar-refractivity contribution is 9.10. The van der Waals surface area contributed by atoms with E-state index in [-0.39, 0.29) is 16.6 Å². The topological polar surface area (TPSA) is 36.7 Å². The normalized spacial score (nSPS) is 10.3. The van der Waals surface area contributed by atoms with Gasteiger partial charge in [0.25, 0.3) is 6.43 Å². The molecule has 0 unspecified atom stereocenters. The number of nitrogens with zero attached hydrogens (tertiary/aromatic N) is 2. The largest absolute Gasteiger partial charge is 0.280 e. The number of pyridine rings is 1. The van der Waals surface area contributed by atoms with Gasteiger partial charge >= 0.3 is 0 Å². The van der Waals surface area contributed by atoms with E-state index in [1.54, 1.807) is 6.07 Å². The molecule has 1 heterocycles. The van der Waals surface area contributed by atoms with Crippen LogP contribution in [-0.4, -0.2) is 4.98 Å². The van der Waals surface area contributed by atoms with Gasteiger partial charge in [-0.15, -0.1) is 0 Å². The fourth-order valence-corrected chi connectivity index (χ4v) is 1.22. The molecule has 0 spiro atoms. The summed E-state index contributed by atoms with van der Waals surface area (Å²) in [6.07, 6.45) is -3.05. The van der Waals surface area contributed by atoms with Gasteiger partial charge in [0.2, 0.25) is 0 Å². The van der Waals surface area contributed by atoms with Crippen molar-refractivity contribution in [3.8, 4) is 6.07 Å². The van der Waals surface area contributed by atoms with Crippen LogP contribution in [0.1, 0.15) is 17.8 Å². The molecule has 0 aliphatic rings. The monoisotopic (exact) mass is 264 g/mol. The number of nitriles is 1. The molecule has 0 aliphatic carbocycles. The molecule has 0 aliphatic heterocycles. The first-order valence-electron chi connectivity index (χ1n) is 3.56. The standard InChI is InChI=1S/C8H4BrF3N2/c9-7-4(10)3-6(8(11)12)14-5(7)1-2-13/h3,8H,1H2. The van der Waals surface area contributed by atoms with Gasteiger partial charge in [-0.3, -0.25) is 0 Å². The molecule has 0 saturated carbocycles. The van der Waals surface area contributed by atoms with Gasteiger partial charge in [-0.1, -0.05) is 0 Å². The molecule has 0 bridgehead atoms. The van der Waals surface area contributed by atoms with Crippen molar-refractivity contribution in [3.05, 3.63) is 27.7 Å². The molecule has 74 valence electrons. The van der Waals surface area contributed by atoms with Crippen LogP contribution in [0.3, 0.4) is 0 Å². The highest BCUT2D eigenvalue weighted by Gasteiger charge is 2.15. The van der Waals surface area contributed by atoms with Gasteiger partial charge in [0.05, 0.1) is 22.7 Å². The van der Waals surface area contributed by atoms with Gasteiger partial charge in [0, 0.05) is 6.07 Å². The number of aromatic nitrogens is 1. The molecule has 14 heavy (non-hydrogen) atoms. The summed E-state index contributed by atoms with van der Waals surface area (Å²) >= 11 is 2.83. The fourth-order valence-electron chi connectivity index (χ4n) is 0.872. The Hall–Kier alpha value is -1.09. The van der Waals surface area contributed by atoms with Crippen LogP contribution in [0.5, 0.6) is 0 Å². The average Bonchev–Trinajstić information content (AvgIpc) is 2.12. The molecule has 6 heteroatoms. The van der Waals surface area contributed by atoms with Crippen LogP contribution in [0, 0.1) is 17.1 Å². The Morgan fingerprint density at radius 3 is 2.71 bits per heavy atom. The van der Waals surface area contributed by atoms with Crippen molar-refractivity contribution in [2.45, 2.75) is 12.8 Å². The molecule has 0 saturated heterocycles. The molecule has 0 amide bonds. The summed E-state index contributed by atoms with van der Waals surface area (Å²) in [4.78, 5) is 3.46. The molecule has 1 aromatic heterocycles. The van der Waals surface area contributed by atoms with Crippen LogP contribution in [0.4, 0.5) is 13.2 Å². The third-order valence-corrected chi connectivity index (χ3v) is 2.31. The molecule has 0 aromatic carbocycles. The van der Waals surface area contributed by atoms with Crippen LogP contribution in [0.2, 0.25) is 0 Å². The van der Waals surface area contributed by atoms with E-state index >= 15 is 0 Å². The number of hydrogen-bond acceptors (Lipinski definition) is 2. The van der Waals surface area contributed by atoms with Crippen LogP contribution < -0.4 is 0 Å². The van der Waals surface area contributed by atoms with Gasteiger partial charge in [0.15, 0.2) is 0 Å². The maximum Gasteiger partial charge on any atom is 0.280 e. The molecule has 0 N–H and O–H groups in total. The average molecular weight is 265 g/mol. The van der Waals surface area contributed by atoms with Crippen LogP contribution >= 0.6 is 15.9 Å². The van der Waals surface area contributed by atoms with Gasteiger partial charge in [-0.05, 0) is 15.9 Å². The lowest BCUT2D eigenvalue weighted by atomic mass is 10.2. The van der Waals surface area contributed by atoms with Crippen molar-refractivity contribution in [1.29, 1.82) is 5.26 Å². The lowest BCUT2D eigenvalue weighted by Crippen LogP contribution is -1.99. The van der Waals surface area contributed by atoms with Gasteiger partial charge < -0.3 is 0 Å². The molecule has 1 rings (SSSR count). The summed E-state index contributed by atoms with van der Waals surface area (Å²) in [5, 5.41) is 8.34. The van der Waals surface area contributed by atoms with Crippen molar-refractivity contribution < 1.29 is 13.2 Å². The van der Waals surface area contributed by atoms with Crippen molar-refractivity contribution in [2.24, 2.45) is 0 Å². The Morgan fingerprint density at radius 2 is 2.21 bits per heavy atom. The van der Waals surface area contributed by atoms with E-state index in [2.05, 4.69) is 20.9 Å². The molecular weight excluding hydrogens is 261 g/mol. The van der Waals surface area contributed by atoms with E-state index in [1.165, 1.54) is 0 Å². The smallest absolute Gasteiger partial charge is 0.249 e.